The molecule has 1 aliphatic heterocycles. The zero-order valence-corrected chi connectivity index (χ0v) is 17.7. The van der Waals surface area contributed by atoms with E-state index < -0.39 is 22.4 Å². The molecule has 148 valence electrons. The highest BCUT2D eigenvalue weighted by Gasteiger charge is 2.55. The molecule has 0 bridgehead atoms. The van der Waals surface area contributed by atoms with Crippen molar-refractivity contribution in [3.05, 3.63) is 35.9 Å². The van der Waals surface area contributed by atoms with Crippen molar-refractivity contribution in [2.45, 2.75) is 65.3 Å². The first-order valence-corrected chi connectivity index (χ1v) is 10.3. The van der Waals surface area contributed by atoms with Crippen molar-refractivity contribution in [2.24, 2.45) is 5.41 Å². The van der Waals surface area contributed by atoms with E-state index in [4.69, 9.17) is 12.2 Å². The van der Waals surface area contributed by atoms with Gasteiger partial charge in [0.25, 0.3) is 5.78 Å². The van der Waals surface area contributed by atoms with E-state index in [0.29, 0.717) is 25.9 Å². The predicted molar refractivity (Wildman–Crippen MR) is 109 cm³/mol. The second kappa shape index (κ2) is 8.61. The van der Waals surface area contributed by atoms with Crippen LogP contribution in [0, 0.1) is 5.41 Å². The molecule has 0 spiro atoms. The molecule has 27 heavy (non-hydrogen) atoms. The molecule has 1 heterocycles. The monoisotopic (exact) mass is 389 g/mol. The van der Waals surface area contributed by atoms with Gasteiger partial charge < -0.3 is 5.11 Å². The van der Waals surface area contributed by atoms with Crippen LogP contribution in [0.25, 0.3) is 0 Å². The molecule has 5 heteroatoms. The molecule has 1 aromatic rings. The first-order chi connectivity index (χ1) is 12.7. The minimum atomic E-state index is -0.728. The molecule has 1 aromatic carbocycles. The summed E-state index contributed by atoms with van der Waals surface area (Å²) in [6, 6.07) is 9.32. The van der Waals surface area contributed by atoms with Crippen LogP contribution in [0.3, 0.4) is 0 Å². The van der Waals surface area contributed by atoms with Gasteiger partial charge in [-0.3, -0.25) is 4.79 Å². The molecule has 0 N–H and O–H groups in total. The zero-order chi connectivity index (χ0) is 20.2. The third-order valence-corrected chi connectivity index (χ3v) is 6.47. The van der Waals surface area contributed by atoms with Crippen molar-refractivity contribution >= 4 is 29.0 Å². The lowest BCUT2D eigenvalue weighted by molar-refractivity contribution is -0.856. The number of hydrogen-bond donors (Lipinski definition) is 0. The molecular formula is C22H31NO3S. The summed E-state index contributed by atoms with van der Waals surface area (Å²) in [7, 11) is 0. The summed E-state index contributed by atoms with van der Waals surface area (Å²) in [5.74, 6) is -0.755. The van der Waals surface area contributed by atoms with E-state index >= 15 is 0 Å². The second-order valence-electron chi connectivity index (χ2n) is 8.34. The Morgan fingerprint density at radius 1 is 1.22 bits per heavy atom. The van der Waals surface area contributed by atoms with E-state index in [2.05, 4.69) is 0 Å². The number of quaternary nitrogens is 1. The standard InChI is InChI=1S/C22H31NO3S/c1-5-7-13-23(20(25)19(24)22(3,4)6-2)15-17(14-18(23)21(26)27)16-11-9-8-10-12-16/h8-12,17-18H,5-7,13-15H2,1-4H3/t17?,18-,23?/m0/s1. The average molecular weight is 390 g/mol. The van der Waals surface area contributed by atoms with E-state index in [0.717, 1.165) is 18.4 Å². The number of nitrogens with zero attached hydrogens (tertiary/aromatic N) is 1. The summed E-state index contributed by atoms with van der Waals surface area (Å²) >= 11 is 5.05. The van der Waals surface area contributed by atoms with Crippen molar-refractivity contribution < 1.29 is 19.2 Å². The molecule has 1 saturated heterocycles. The minimum Gasteiger partial charge on any atom is -0.863 e. The van der Waals surface area contributed by atoms with Crippen LogP contribution in [0.2, 0.25) is 0 Å². The quantitative estimate of drug-likeness (QED) is 0.389. The number of ketones is 1. The number of hydrogen-bond acceptors (Lipinski definition) is 4. The Bertz CT molecular complexity index is 701. The molecule has 2 unspecified atom stereocenters. The molecule has 1 fully saturated rings. The fourth-order valence-electron chi connectivity index (χ4n) is 4.00. The number of carbonyl (C=O) groups is 2. The maximum absolute atomic E-state index is 13.5. The Morgan fingerprint density at radius 3 is 2.37 bits per heavy atom. The number of amides is 1. The number of rotatable bonds is 8. The largest absolute Gasteiger partial charge is 0.863 e. The van der Waals surface area contributed by atoms with Crippen LogP contribution in [-0.4, -0.2) is 40.4 Å². The van der Waals surface area contributed by atoms with Gasteiger partial charge in [0, 0.05) is 17.8 Å². The summed E-state index contributed by atoms with van der Waals surface area (Å²) in [5, 5.41) is 12.0. The van der Waals surface area contributed by atoms with Crippen LogP contribution < -0.4 is 5.11 Å². The van der Waals surface area contributed by atoms with E-state index in [1.54, 1.807) is 13.8 Å². The van der Waals surface area contributed by atoms with Crippen LogP contribution in [0.1, 0.15) is 64.9 Å². The van der Waals surface area contributed by atoms with Gasteiger partial charge in [-0.15, -0.1) is 0 Å². The van der Waals surface area contributed by atoms with Gasteiger partial charge in [-0.25, -0.2) is 9.28 Å². The van der Waals surface area contributed by atoms with Gasteiger partial charge in [-0.05, 0) is 23.5 Å². The van der Waals surface area contributed by atoms with Crippen molar-refractivity contribution in [1.29, 1.82) is 0 Å². The third kappa shape index (κ3) is 4.30. The van der Waals surface area contributed by atoms with Gasteiger partial charge >= 0.3 is 5.91 Å². The van der Waals surface area contributed by atoms with E-state index in [1.807, 2.05) is 44.2 Å². The summed E-state index contributed by atoms with van der Waals surface area (Å²) in [4.78, 5) is 26.5. The molecule has 1 amide bonds. The molecular weight excluding hydrogens is 358 g/mol. The molecule has 4 nitrogen and oxygen atoms in total. The van der Waals surface area contributed by atoms with Gasteiger partial charge in [0.15, 0.2) is 0 Å². The highest BCUT2D eigenvalue weighted by Crippen LogP contribution is 2.40. The number of carbonyl (C=O) groups excluding carboxylic acids is 2. The molecule has 1 aliphatic rings. The molecule has 0 aromatic heterocycles. The summed E-state index contributed by atoms with van der Waals surface area (Å²) in [6.45, 7) is 8.54. The lowest BCUT2D eigenvalue weighted by Crippen LogP contribution is -2.64. The zero-order valence-electron chi connectivity index (χ0n) is 16.9. The van der Waals surface area contributed by atoms with Crippen LogP contribution >= 0.6 is 12.2 Å². The Kier molecular flexibility index (Phi) is 6.92. The van der Waals surface area contributed by atoms with Gasteiger partial charge in [-0.2, -0.15) is 0 Å². The average Bonchev–Trinajstić information content (AvgIpc) is 3.07. The van der Waals surface area contributed by atoms with E-state index in [1.165, 1.54) is 0 Å². The summed E-state index contributed by atoms with van der Waals surface area (Å²) in [6.07, 6.45) is 2.79. The maximum atomic E-state index is 13.5. The Hall–Kier alpha value is -1.59. The van der Waals surface area contributed by atoms with Crippen LogP contribution in [-0.2, 0) is 9.59 Å². The lowest BCUT2D eigenvalue weighted by atomic mass is 9.84. The van der Waals surface area contributed by atoms with Gasteiger partial charge in [0.2, 0.25) is 0 Å². The highest BCUT2D eigenvalue weighted by atomic mass is 32.1. The van der Waals surface area contributed by atoms with Crippen LogP contribution in [0.5, 0.6) is 0 Å². The van der Waals surface area contributed by atoms with Crippen molar-refractivity contribution in [3.8, 4) is 0 Å². The Morgan fingerprint density at radius 2 is 1.85 bits per heavy atom. The predicted octanol–water partition coefficient (Wildman–Crippen LogP) is 3.38. The van der Waals surface area contributed by atoms with E-state index in [-0.39, 0.29) is 16.2 Å². The second-order valence-corrected chi connectivity index (χ2v) is 8.75. The molecule has 0 saturated carbocycles. The molecule has 3 atom stereocenters. The Balaban J connectivity index is 2.48. The summed E-state index contributed by atoms with van der Waals surface area (Å²) in [5.41, 5.74) is 0.374. The summed E-state index contributed by atoms with van der Waals surface area (Å²) < 4.78 is -0.0992. The third-order valence-electron chi connectivity index (χ3n) is 6.20. The first kappa shape index (κ1) is 21.7. The SMILES string of the molecule is CCCC[N+]1(C(=O)C(=O)C(C)(C)CC)CC(c2ccccc2)C[C@H]1C([O-])=S. The van der Waals surface area contributed by atoms with Crippen LogP contribution in [0.4, 0.5) is 0 Å². The number of benzene rings is 1. The van der Waals surface area contributed by atoms with Crippen molar-refractivity contribution in [2.75, 3.05) is 13.1 Å². The van der Waals surface area contributed by atoms with E-state index in [9.17, 15) is 14.7 Å². The topological polar surface area (TPSA) is 57.2 Å². The van der Waals surface area contributed by atoms with Crippen LogP contribution in [0.15, 0.2) is 30.3 Å². The number of Topliss-reactive ketones (excluding diaryl/α,β-unsaturated/α-hetero) is 1. The first-order valence-electron chi connectivity index (χ1n) is 9.91. The molecule has 0 radical (unpaired) electrons. The van der Waals surface area contributed by atoms with Crippen molar-refractivity contribution in [1.82, 2.24) is 0 Å². The van der Waals surface area contributed by atoms with Gasteiger partial charge in [0.05, 0.1) is 13.1 Å². The van der Waals surface area contributed by atoms with Crippen molar-refractivity contribution in [3.63, 3.8) is 0 Å². The number of unbranched alkanes of at least 4 members (excludes halogenated alkanes) is 1. The molecule has 0 aliphatic carbocycles. The maximum Gasteiger partial charge on any atom is 0.382 e. The lowest BCUT2D eigenvalue weighted by Gasteiger charge is -2.40. The fraction of sp³-hybridized carbons (Fsp3) is 0.591. The van der Waals surface area contributed by atoms with Gasteiger partial charge in [-0.1, -0.05) is 76.7 Å². The number of likely N-dealkylation sites (tertiary alicyclic amines) is 1. The fourth-order valence-corrected chi connectivity index (χ4v) is 4.29. The minimum absolute atomic E-state index is 0.0569. The smallest absolute Gasteiger partial charge is 0.382 e. The Labute approximate surface area is 168 Å². The highest BCUT2D eigenvalue weighted by molar-refractivity contribution is 7.80. The normalized spacial score (nSPS) is 25.3. The van der Waals surface area contributed by atoms with Gasteiger partial charge in [0.1, 0.15) is 6.04 Å². The number of thiocarbonyl (C=S) groups is 1. The molecule has 2 rings (SSSR count).